The summed E-state index contributed by atoms with van der Waals surface area (Å²) < 4.78 is 5.30. The van der Waals surface area contributed by atoms with Gasteiger partial charge in [-0.2, -0.15) is 0 Å². The number of carbonyl (C=O) groups excluding carboxylic acids is 3. The van der Waals surface area contributed by atoms with Gasteiger partial charge in [0.1, 0.15) is 6.10 Å². The standard InChI is InChI=1S/C22H24N2O4/c1-4-22(2,3)24-20(26)14-9-11-15(12-10-14)23-19(25)13-18-16-7-5-6-8-17(16)21(27)28-18/h5-12,18H,4,13H2,1-3H3,(H,23,25)(H,24,26). The molecule has 0 spiro atoms. The Labute approximate surface area is 164 Å². The number of fused-ring (bicyclic) bond motifs is 1. The van der Waals surface area contributed by atoms with Crippen molar-refractivity contribution < 1.29 is 19.1 Å². The van der Waals surface area contributed by atoms with Crippen molar-refractivity contribution in [2.75, 3.05) is 5.32 Å². The van der Waals surface area contributed by atoms with Crippen LogP contribution in [-0.4, -0.2) is 23.3 Å². The van der Waals surface area contributed by atoms with E-state index in [0.717, 1.165) is 12.0 Å². The number of hydrogen-bond acceptors (Lipinski definition) is 4. The molecule has 0 saturated heterocycles. The minimum Gasteiger partial charge on any atom is -0.453 e. The second kappa shape index (κ2) is 7.84. The van der Waals surface area contributed by atoms with E-state index in [-0.39, 0.29) is 23.8 Å². The quantitative estimate of drug-likeness (QED) is 0.746. The largest absolute Gasteiger partial charge is 0.453 e. The molecule has 0 bridgehead atoms. The molecule has 1 unspecified atom stereocenters. The maximum Gasteiger partial charge on any atom is 0.339 e. The van der Waals surface area contributed by atoms with Gasteiger partial charge in [0.25, 0.3) is 5.91 Å². The molecule has 0 aliphatic carbocycles. The Kier molecular flexibility index (Phi) is 5.49. The van der Waals surface area contributed by atoms with Crippen molar-refractivity contribution in [2.45, 2.75) is 45.3 Å². The minimum atomic E-state index is -0.579. The highest BCUT2D eigenvalue weighted by molar-refractivity contribution is 5.97. The van der Waals surface area contributed by atoms with E-state index in [2.05, 4.69) is 10.6 Å². The fraction of sp³-hybridized carbons (Fsp3) is 0.318. The van der Waals surface area contributed by atoms with Crippen LogP contribution in [0, 0.1) is 0 Å². The molecule has 0 saturated carbocycles. The number of hydrogen-bond donors (Lipinski definition) is 2. The molecule has 1 heterocycles. The number of esters is 1. The van der Waals surface area contributed by atoms with Crippen LogP contribution in [0.25, 0.3) is 0 Å². The van der Waals surface area contributed by atoms with E-state index in [1.807, 2.05) is 26.8 Å². The Morgan fingerprint density at radius 1 is 1.07 bits per heavy atom. The Hall–Kier alpha value is -3.15. The number of amides is 2. The van der Waals surface area contributed by atoms with Crippen molar-refractivity contribution in [3.63, 3.8) is 0 Å². The molecule has 2 aromatic carbocycles. The lowest BCUT2D eigenvalue weighted by Gasteiger charge is -2.24. The SMILES string of the molecule is CCC(C)(C)NC(=O)c1ccc(NC(=O)CC2OC(=O)c3ccccc32)cc1. The molecule has 6 nitrogen and oxygen atoms in total. The molecule has 0 aromatic heterocycles. The second-order valence-electron chi connectivity index (χ2n) is 7.50. The molecule has 6 heteroatoms. The van der Waals surface area contributed by atoms with Gasteiger partial charge in [-0.3, -0.25) is 9.59 Å². The maximum absolute atomic E-state index is 12.3. The molecule has 0 radical (unpaired) electrons. The maximum atomic E-state index is 12.3. The zero-order valence-corrected chi connectivity index (χ0v) is 16.2. The third-order valence-electron chi connectivity index (χ3n) is 4.91. The number of anilines is 1. The van der Waals surface area contributed by atoms with E-state index in [1.54, 1.807) is 42.5 Å². The highest BCUT2D eigenvalue weighted by Crippen LogP contribution is 2.32. The van der Waals surface area contributed by atoms with Crippen molar-refractivity contribution in [3.05, 3.63) is 65.2 Å². The highest BCUT2D eigenvalue weighted by Gasteiger charge is 2.32. The van der Waals surface area contributed by atoms with Crippen molar-refractivity contribution in [1.82, 2.24) is 5.32 Å². The molecule has 2 N–H and O–H groups in total. The molecule has 2 aromatic rings. The number of carbonyl (C=O) groups is 3. The summed E-state index contributed by atoms with van der Waals surface area (Å²) in [7, 11) is 0. The first-order valence-electron chi connectivity index (χ1n) is 9.31. The van der Waals surface area contributed by atoms with E-state index in [1.165, 1.54) is 0 Å². The van der Waals surface area contributed by atoms with Crippen molar-refractivity contribution in [2.24, 2.45) is 0 Å². The molecule has 1 aliphatic heterocycles. The van der Waals surface area contributed by atoms with Crippen LogP contribution in [0.15, 0.2) is 48.5 Å². The molecule has 3 rings (SSSR count). The van der Waals surface area contributed by atoms with Crippen LogP contribution in [-0.2, 0) is 9.53 Å². The lowest BCUT2D eigenvalue weighted by atomic mass is 10.0. The summed E-state index contributed by atoms with van der Waals surface area (Å²) in [5.74, 6) is -0.822. The number of cyclic esters (lactones) is 1. The van der Waals surface area contributed by atoms with Gasteiger partial charge in [0.2, 0.25) is 5.91 Å². The molecule has 146 valence electrons. The van der Waals surface area contributed by atoms with Gasteiger partial charge in [0.05, 0.1) is 12.0 Å². The summed E-state index contributed by atoms with van der Waals surface area (Å²) in [5, 5.41) is 5.75. The number of rotatable bonds is 6. The van der Waals surface area contributed by atoms with E-state index in [0.29, 0.717) is 16.8 Å². The summed E-state index contributed by atoms with van der Waals surface area (Å²) in [4.78, 5) is 36.5. The first kappa shape index (κ1) is 19.6. The van der Waals surface area contributed by atoms with E-state index in [4.69, 9.17) is 4.74 Å². The lowest BCUT2D eigenvalue weighted by molar-refractivity contribution is -0.118. The first-order valence-corrected chi connectivity index (χ1v) is 9.31. The monoisotopic (exact) mass is 380 g/mol. The normalized spacial score (nSPS) is 15.5. The number of benzene rings is 2. The van der Waals surface area contributed by atoms with Crippen LogP contribution in [0.4, 0.5) is 5.69 Å². The average Bonchev–Trinajstić information content (AvgIpc) is 2.98. The van der Waals surface area contributed by atoms with Crippen LogP contribution >= 0.6 is 0 Å². The van der Waals surface area contributed by atoms with E-state index in [9.17, 15) is 14.4 Å². The van der Waals surface area contributed by atoms with Gasteiger partial charge in [-0.25, -0.2) is 4.79 Å². The molecule has 28 heavy (non-hydrogen) atoms. The highest BCUT2D eigenvalue weighted by atomic mass is 16.5. The fourth-order valence-electron chi connectivity index (χ4n) is 2.92. The van der Waals surface area contributed by atoms with Crippen molar-refractivity contribution in [1.29, 1.82) is 0 Å². The zero-order chi connectivity index (χ0) is 20.3. The van der Waals surface area contributed by atoms with Crippen LogP contribution in [0.2, 0.25) is 0 Å². The Morgan fingerprint density at radius 2 is 1.75 bits per heavy atom. The van der Waals surface area contributed by atoms with Crippen LogP contribution in [0.1, 0.15) is 66.0 Å². The number of ether oxygens (including phenoxy) is 1. The summed E-state index contributed by atoms with van der Waals surface area (Å²) >= 11 is 0. The minimum absolute atomic E-state index is 0.0374. The molecule has 1 atom stereocenters. The van der Waals surface area contributed by atoms with Crippen molar-refractivity contribution in [3.8, 4) is 0 Å². The van der Waals surface area contributed by atoms with Crippen LogP contribution in [0.5, 0.6) is 0 Å². The predicted molar refractivity (Wildman–Crippen MR) is 106 cm³/mol. The summed E-state index contributed by atoms with van der Waals surface area (Å²) in [6, 6.07) is 13.8. The Morgan fingerprint density at radius 3 is 2.43 bits per heavy atom. The van der Waals surface area contributed by atoms with Gasteiger partial charge < -0.3 is 15.4 Å². The fourth-order valence-corrected chi connectivity index (χ4v) is 2.92. The van der Waals surface area contributed by atoms with Gasteiger partial charge in [-0.05, 0) is 50.6 Å². The third kappa shape index (κ3) is 4.39. The lowest BCUT2D eigenvalue weighted by Crippen LogP contribution is -2.42. The van der Waals surface area contributed by atoms with E-state index < -0.39 is 12.1 Å². The molecular formula is C22H24N2O4. The van der Waals surface area contributed by atoms with Gasteiger partial charge in [0, 0.05) is 22.4 Å². The first-order chi connectivity index (χ1) is 13.3. The summed E-state index contributed by atoms with van der Waals surface area (Å²) in [5.41, 5.74) is 2.06. The average molecular weight is 380 g/mol. The van der Waals surface area contributed by atoms with Crippen LogP contribution < -0.4 is 10.6 Å². The summed E-state index contributed by atoms with van der Waals surface area (Å²) in [6.45, 7) is 5.94. The van der Waals surface area contributed by atoms with Gasteiger partial charge in [0.15, 0.2) is 0 Å². The third-order valence-corrected chi connectivity index (χ3v) is 4.91. The topological polar surface area (TPSA) is 84.5 Å². The molecule has 1 aliphatic rings. The van der Waals surface area contributed by atoms with Gasteiger partial charge in [-0.1, -0.05) is 25.1 Å². The predicted octanol–water partition coefficient (Wildman–Crippen LogP) is 3.85. The Balaban J connectivity index is 1.60. The van der Waals surface area contributed by atoms with E-state index >= 15 is 0 Å². The Bertz CT molecular complexity index is 903. The van der Waals surface area contributed by atoms with Gasteiger partial charge >= 0.3 is 5.97 Å². The molecule has 2 amide bonds. The zero-order valence-electron chi connectivity index (χ0n) is 16.2. The second-order valence-corrected chi connectivity index (χ2v) is 7.50. The smallest absolute Gasteiger partial charge is 0.339 e. The number of nitrogens with one attached hydrogen (secondary N) is 2. The molecule has 0 fully saturated rings. The van der Waals surface area contributed by atoms with Crippen LogP contribution in [0.3, 0.4) is 0 Å². The van der Waals surface area contributed by atoms with Crippen molar-refractivity contribution >= 4 is 23.5 Å². The summed E-state index contributed by atoms with van der Waals surface area (Å²) in [6.07, 6.45) is 0.280. The molecular weight excluding hydrogens is 356 g/mol. The van der Waals surface area contributed by atoms with Gasteiger partial charge in [-0.15, -0.1) is 0 Å².